The van der Waals surface area contributed by atoms with Gasteiger partial charge in [-0.3, -0.25) is 0 Å². The number of furan rings is 1. The zero-order chi connectivity index (χ0) is 21.3. The van der Waals surface area contributed by atoms with Crippen LogP contribution in [-0.4, -0.2) is 0 Å². The molecule has 2 aliphatic rings. The second kappa shape index (κ2) is 8.23. The maximum absolute atomic E-state index is 4.58. The van der Waals surface area contributed by atoms with E-state index in [9.17, 15) is 0 Å². The Hall–Kier alpha value is -3.06. The first-order chi connectivity index (χ1) is 15.2. The van der Waals surface area contributed by atoms with Gasteiger partial charge in [0.15, 0.2) is 0 Å². The van der Waals surface area contributed by atoms with Crippen LogP contribution in [0.1, 0.15) is 49.3 Å². The Bertz CT molecular complexity index is 1150. The summed E-state index contributed by atoms with van der Waals surface area (Å²) in [5.41, 5.74) is 4.68. The largest absolute Gasteiger partial charge is 0.473 e. The molecule has 31 heavy (non-hydrogen) atoms. The van der Waals surface area contributed by atoms with E-state index in [1.165, 1.54) is 34.7 Å². The molecule has 0 amide bonds. The van der Waals surface area contributed by atoms with Gasteiger partial charge >= 0.3 is 0 Å². The van der Waals surface area contributed by atoms with Crippen LogP contribution in [0.25, 0.3) is 16.8 Å². The molecule has 1 fully saturated rings. The van der Waals surface area contributed by atoms with Crippen LogP contribution in [0.15, 0.2) is 102 Å². The number of benzene rings is 3. The molecule has 3 aromatic carbocycles. The minimum absolute atomic E-state index is 0.186. The summed E-state index contributed by atoms with van der Waals surface area (Å²) in [6.45, 7) is 4.94. The molecule has 0 aliphatic heterocycles. The summed E-state index contributed by atoms with van der Waals surface area (Å²) in [6.07, 6.45) is 10.7. The molecular formula is C30H30O. The fourth-order valence-corrected chi connectivity index (χ4v) is 6.10. The molecule has 4 unspecified atom stereocenters. The van der Waals surface area contributed by atoms with Crippen molar-refractivity contribution in [3.63, 3.8) is 0 Å². The minimum atomic E-state index is 0.186. The van der Waals surface area contributed by atoms with Crippen molar-refractivity contribution in [2.75, 3.05) is 0 Å². The number of hydrogen-bond donors (Lipinski definition) is 0. The highest BCUT2D eigenvalue weighted by atomic mass is 16.3. The first-order valence-electron chi connectivity index (χ1n) is 11.4. The van der Waals surface area contributed by atoms with Gasteiger partial charge in [-0.2, -0.15) is 0 Å². The number of allylic oxidation sites excluding steroid dienone is 1. The van der Waals surface area contributed by atoms with E-state index in [-0.39, 0.29) is 5.41 Å². The van der Waals surface area contributed by atoms with E-state index in [4.69, 9.17) is 0 Å². The van der Waals surface area contributed by atoms with Crippen molar-refractivity contribution in [2.45, 2.75) is 38.0 Å². The molecule has 156 valence electrons. The average molecular weight is 407 g/mol. The van der Waals surface area contributed by atoms with Gasteiger partial charge in [-0.25, -0.2) is 0 Å². The average Bonchev–Trinajstić information content (AvgIpc) is 3.39. The van der Waals surface area contributed by atoms with Crippen molar-refractivity contribution in [1.29, 1.82) is 0 Å². The van der Waals surface area contributed by atoms with Gasteiger partial charge in [0, 0.05) is 11.3 Å². The summed E-state index contributed by atoms with van der Waals surface area (Å²) < 4.78 is 4.58. The lowest BCUT2D eigenvalue weighted by atomic mass is 9.53. The predicted octanol–water partition coefficient (Wildman–Crippen LogP) is 8.23. The fraction of sp³-hybridized carbons (Fsp3) is 0.267. The molecule has 1 nitrogen and oxygen atoms in total. The molecular weight excluding hydrogens is 376 g/mol. The Labute approximate surface area is 185 Å². The zero-order valence-corrected chi connectivity index (χ0v) is 18.4. The van der Waals surface area contributed by atoms with Crippen LogP contribution in [0.5, 0.6) is 0 Å². The zero-order valence-electron chi connectivity index (χ0n) is 18.4. The topological polar surface area (TPSA) is 13.1 Å². The lowest BCUT2D eigenvalue weighted by molar-refractivity contribution is 0.170. The van der Waals surface area contributed by atoms with Crippen molar-refractivity contribution in [1.82, 2.24) is 0 Å². The van der Waals surface area contributed by atoms with Crippen molar-refractivity contribution in [3.05, 3.63) is 114 Å². The summed E-state index contributed by atoms with van der Waals surface area (Å²) in [7, 11) is 0. The van der Waals surface area contributed by atoms with E-state index in [0.29, 0.717) is 11.8 Å². The van der Waals surface area contributed by atoms with E-state index < -0.39 is 0 Å². The summed E-state index contributed by atoms with van der Waals surface area (Å²) in [4.78, 5) is 0. The van der Waals surface area contributed by atoms with Gasteiger partial charge in [0.25, 0.3) is 0 Å². The van der Waals surface area contributed by atoms with E-state index in [0.717, 1.165) is 5.92 Å². The van der Waals surface area contributed by atoms with Crippen LogP contribution in [0.2, 0.25) is 0 Å². The number of hydrogen-bond acceptors (Lipinski definition) is 1. The van der Waals surface area contributed by atoms with Crippen molar-refractivity contribution >= 4 is 16.8 Å². The van der Waals surface area contributed by atoms with Gasteiger partial charge < -0.3 is 4.42 Å². The maximum Gasteiger partial charge on any atom is 0.0902 e. The SMILES string of the molecule is CC1CC2C=Cc3c(ccc4ccccc34)C2C(C)(c2ccccc2)C1.c1ccoc1. The van der Waals surface area contributed by atoms with Crippen LogP contribution in [-0.2, 0) is 5.41 Å². The van der Waals surface area contributed by atoms with Crippen molar-refractivity contribution in [3.8, 4) is 0 Å². The monoisotopic (exact) mass is 406 g/mol. The first kappa shape index (κ1) is 19.9. The summed E-state index contributed by atoms with van der Waals surface area (Å²) in [5.74, 6) is 1.96. The maximum atomic E-state index is 4.58. The van der Waals surface area contributed by atoms with E-state index in [1.54, 1.807) is 18.1 Å². The number of rotatable bonds is 1. The molecule has 1 saturated carbocycles. The molecule has 6 rings (SSSR count). The van der Waals surface area contributed by atoms with Gasteiger partial charge in [-0.05, 0) is 64.3 Å². The van der Waals surface area contributed by atoms with Crippen LogP contribution in [0.4, 0.5) is 0 Å². The van der Waals surface area contributed by atoms with Gasteiger partial charge in [0.05, 0.1) is 12.5 Å². The van der Waals surface area contributed by atoms with E-state index in [2.05, 4.69) is 97.1 Å². The van der Waals surface area contributed by atoms with E-state index in [1.807, 2.05) is 12.1 Å². The molecule has 0 radical (unpaired) electrons. The normalized spacial score (nSPS) is 26.5. The van der Waals surface area contributed by atoms with Crippen LogP contribution in [0.3, 0.4) is 0 Å². The molecule has 0 N–H and O–H groups in total. The lowest BCUT2D eigenvalue weighted by Gasteiger charge is -2.50. The second-order valence-corrected chi connectivity index (χ2v) is 9.41. The molecule has 1 heterocycles. The number of fused-ring (bicyclic) bond motifs is 5. The third kappa shape index (κ3) is 3.63. The standard InChI is InChI=1S/C26H26.C4H4O/c1-18-16-20-13-14-23-22-11-7-6-8-19(22)12-15-24(23)25(20)26(2,17-18)21-9-4-3-5-10-21;1-2-4-5-3-1/h3-15,18,20,25H,16-17H2,1-2H3;1-4H. The first-order valence-corrected chi connectivity index (χ1v) is 11.4. The third-order valence-electron chi connectivity index (χ3n) is 7.27. The summed E-state index contributed by atoms with van der Waals surface area (Å²) in [5, 5.41) is 2.74. The van der Waals surface area contributed by atoms with Gasteiger partial charge in [0.1, 0.15) is 0 Å². The molecule has 2 aliphatic carbocycles. The van der Waals surface area contributed by atoms with Crippen LogP contribution < -0.4 is 0 Å². The molecule has 0 saturated heterocycles. The summed E-state index contributed by atoms with van der Waals surface area (Å²) >= 11 is 0. The Balaban J connectivity index is 0.000000361. The molecule has 0 spiro atoms. The Morgan fingerprint density at radius 3 is 2.32 bits per heavy atom. The van der Waals surface area contributed by atoms with Crippen LogP contribution in [0, 0.1) is 11.8 Å². The van der Waals surface area contributed by atoms with Crippen LogP contribution >= 0.6 is 0 Å². The predicted molar refractivity (Wildman–Crippen MR) is 130 cm³/mol. The quantitative estimate of drug-likeness (QED) is 0.310. The summed E-state index contributed by atoms with van der Waals surface area (Å²) in [6, 6.07) is 28.5. The minimum Gasteiger partial charge on any atom is -0.473 e. The van der Waals surface area contributed by atoms with Gasteiger partial charge in [-0.1, -0.05) is 92.7 Å². The lowest BCUT2D eigenvalue weighted by Crippen LogP contribution is -2.42. The highest BCUT2D eigenvalue weighted by Gasteiger charge is 2.47. The third-order valence-corrected chi connectivity index (χ3v) is 7.27. The molecule has 0 bridgehead atoms. The molecule has 4 aromatic rings. The molecule has 1 aromatic heterocycles. The fourth-order valence-electron chi connectivity index (χ4n) is 6.10. The van der Waals surface area contributed by atoms with Gasteiger partial charge in [-0.15, -0.1) is 0 Å². The Morgan fingerprint density at radius 2 is 1.58 bits per heavy atom. The molecule has 1 heteroatoms. The van der Waals surface area contributed by atoms with Crippen molar-refractivity contribution < 1.29 is 4.42 Å². The highest BCUT2D eigenvalue weighted by Crippen LogP contribution is 2.56. The smallest absolute Gasteiger partial charge is 0.0902 e. The highest BCUT2D eigenvalue weighted by molar-refractivity contribution is 5.93. The Morgan fingerprint density at radius 1 is 0.839 bits per heavy atom. The Kier molecular flexibility index (Phi) is 5.28. The van der Waals surface area contributed by atoms with Gasteiger partial charge in [0.2, 0.25) is 0 Å². The molecule has 4 atom stereocenters. The van der Waals surface area contributed by atoms with E-state index >= 15 is 0 Å². The van der Waals surface area contributed by atoms with Crippen molar-refractivity contribution in [2.24, 2.45) is 11.8 Å². The second-order valence-electron chi connectivity index (χ2n) is 9.41.